The van der Waals surface area contributed by atoms with Crippen LogP contribution in [0, 0.1) is 11.8 Å². The van der Waals surface area contributed by atoms with Crippen LogP contribution in [0.3, 0.4) is 0 Å². The Labute approximate surface area is 79.0 Å². The molecule has 0 spiro atoms. The number of hydrogen-bond donors (Lipinski definition) is 1. The predicted octanol–water partition coefficient (Wildman–Crippen LogP) is 2.62. The lowest BCUT2D eigenvalue weighted by atomic mass is 9.97. The molecule has 0 amide bonds. The molecule has 1 aliphatic rings. The molecule has 0 aliphatic heterocycles. The Morgan fingerprint density at radius 1 is 1.54 bits per heavy atom. The van der Waals surface area contributed by atoms with Gasteiger partial charge in [-0.1, -0.05) is 18.2 Å². The van der Waals surface area contributed by atoms with Crippen molar-refractivity contribution >= 4 is 5.97 Å². The first-order valence-electron chi connectivity index (χ1n) is 4.73. The first kappa shape index (κ1) is 10.0. The molecule has 2 unspecified atom stereocenters. The second-order valence-corrected chi connectivity index (χ2v) is 3.60. The monoisotopic (exact) mass is 180 g/mol. The average Bonchev–Trinajstić information content (AvgIpc) is 2.48. The lowest BCUT2D eigenvalue weighted by Crippen LogP contribution is -2.04. The molecule has 0 fully saturated rings. The molecule has 0 aromatic carbocycles. The number of carboxylic acid groups (broad SMARTS) is 1. The molecule has 0 heterocycles. The van der Waals surface area contributed by atoms with Crippen molar-refractivity contribution in [3.05, 3.63) is 24.8 Å². The molecule has 1 rings (SSSR count). The van der Waals surface area contributed by atoms with Crippen LogP contribution >= 0.6 is 0 Å². The summed E-state index contributed by atoms with van der Waals surface area (Å²) >= 11 is 0. The molecular weight excluding hydrogens is 164 g/mol. The van der Waals surface area contributed by atoms with Crippen molar-refractivity contribution in [2.45, 2.75) is 25.7 Å². The first-order valence-corrected chi connectivity index (χ1v) is 4.73. The van der Waals surface area contributed by atoms with E-state index in [-0.39, 0.29) is 12.3 Å². The summed E-state index contributed by atoms with van der Waals surface area (Å²) in [5.74, 6) is 0.133. The lowest BCUT2D eigenvalue weighted by molar-refractivity contribution is -0.137. The normalized spacial score (nSPS) is 26.2. The summed E-state index contributed by atoms with van der Waals surface area (Å²) in [4.78, 5) is 10.4. The number of hydrogen-bond acceptors (Lipinski definition) is 1. The van der Waals surface area contributed by atoms with Gasteiger partial charge in [-0.25, -0.2) is 0 Å². The number of allylic oxidation sites excluding steroid dienone is 3. The maximum Gasteiger partial charge on any atom is 0.303 e. The van der Waals surface area contributed by atoms with Crippen LogP contribution in [0.15, 0.2) is 24.8 Å². The summed E-state index contributed by atoms with van der Waals surface area (Å²) < 4.78 is 0. The van der Waals surface area contributed by atoms with Gasteiger partial charge in [0.05, 0.1) is 6.42 Å². The van der Waals surface area contributed by atoms with Gasteiger partial charge in [0, 0.05) is 0 Å². The third-order valence-corrected chi connectivity index (χ3v) is 2.44. The third kappa shape index (κ3) is 3.45. The topological polar surface area (TPSA) is 37.3 Å². The molecule has 1 N–H and O–H groups in total. The molecule has 1 aliphatic carbocycles. The number of aliphatic carboxylic acids is 1. The summed E-state index contributed by atoms with van der Waals surface area (Å²) in [6, 6.07) is 0. The minimum Gasteiger partial charge on any atom is -0.481 e. The molecule has 0 aromatic heterocycles. The number of carbonyl (C=O) groups is 1. The van der Waals surface area contributed by atoms with E-state index in [1.54, 1.807) is 0 Å². The Morgan fingerprint density at radius 3 is 2.85 bits per heavy atom. The smallest absolute Gasteiger partial charge is 0.303 e. The molecular formula is C11H16O2. The highest BCUT2D eigenvalue weighted by Crippen LogP contribution is 2.29. The van der Waals surface area contributed by atoms with E-state index in [2.05, 4.69) is 12.7 Å². The molecule has 0 radical (unpaired) electrons. The molecule has 2 nitrogen and oxygen atoms in total. The maximum absolute atomic E-state index is 10.4. The second-order valence-electron chi connectivity index (χ2n) is 3.60. The molecule has 0 bridgehead atoms. The van der Waals surface area contributed by atoms with Crippen LogP contribution in [0.1, 0.15) is 25.7 Å². The Balaban J connectivity index is 2.25. The van der Waals surface area contributed by atoms with Crippen LogP contribution in [0.4, 0.5) is 0 Å². The van der Waals surface area contributed by atoms with Gasteiger partial charge in [-0.15, -0.1) is 6.58 Å². The van der Waals surface area contributed by atoms with E-state index in [4.69, 9.17) is 5.11 Å². The Morgan fingerprint density at radius 2 is 2.23 bits per heavy atom. The van der Waals surface area contributed by atoms with Gasteiger partial charge in [0.25, 0.3) is 0 Å². The van der Waals surface area contributed by atoms with Gasteiger partial charge in [-0.3, -0.25) is 4.79 Å². The van der Waals surface area contributed by atoms with Gasteiger partial charge < -0.3 is 5.11 Å². The van der Waals surface area contributed by atoms with Crippen molar-refractivity contribution in [1.29, 1.82) is 0 Å². The summed E-state index contributed by atoms with van der Waals surface area (Å²) in [6.07, 6.45) is 9.52. The van der Waals surface area contributed by atoms with Gasteiger partial charge >= 0.3 is 5.97 Å². The van der Waals surface area contributed by atoms with Crippen molar-refractivity contribution < 1.29 is 9.90 Å². The zero-order valence-electron chi connectivity index (χ0n) is 7.78. The van der Waals surface area contributed by atoms with Crippen LogP contribution in [0.25, 0.3) is 0 Å². The van der Waals surface area contributed by atoms with Crippen molar-refractivity contribution in [3.63, 3.8) is 0 Å². The van der Waals surface area contributed by atoms with E-state index in [9.17, 15) is 4.79 Å². The predicted molar refractivity (Wildman–Crippen MR) is 52.4 cm³/mol. The third-order valence-electron chi connectivity index (χ3n) is 2.44. The van der Waals surface area contributed by atoms with Crippen LogP contribution < -0.4 is 0 Å². The highest BCUT2D eigenvalue weighted by Gasteiger charge is 2.20. The lowest BCUT2D eigenvalue weighted by Gasteiger charge is -2.08. The second kappa shape index (κ2) is 4.85. The van der Waals surface area contributed by atoms with Crippen LogP contribution in [-0.4, -0.2) is 11.1 Å². The van der Waals surface area contributed by atoms with Gasteiger partial charge in [0.1, 0.15) is 0 Å². The average molecular weight is 180 g/mol. The molecule has 0 saturated heterocycles. The van der Waals surface area contributed by atoms with Gasteiger partial charge in [0.15, 0.2) is 0 Å². The fourth-order valence-corrected chi connectivity index (χ4v) is 1.78. The van der Waals surface area contributed by atoms with Crippen molar-refractivity contribution in [2.24, 2.45) is 11.8 Å². The van der Waals surface area contributed by atoms with Crippen molar-refractivity contribution in [2.75, 3.05) is 0 Å². The van der Waals surface area contributed by atoms with E-state index in [1.807, 2.05) is 12.2 Å². The zero-order valence-corrected chi connectivity index (χ0v) is 7.78. The Bertz CT molecular complexity index is 218. The molecule has 2 heteroatoms. The molecule has 0 saturated carbocycles. The fraction of sp³-hybridized carbons (Fsp3) is 0.545. The molecule has 0 aromatic rings. The Kier molecular flexibility index (Phi) is 3.74. The standard InChI is InChI=1S/C11H16O2/c1-2-3-4-9-5-6-10(7-9)8-11(12)13/h2,5-6,9-10H,1,3-4,7-8H2,(H,12,13). The minimum absolute atomic E-state index is 0.257. The van der Waals surface area contributed by atoms with Gasteiger partial charge in [0.2, 0.25) is 0 Å². The summed E-state index contributed by atoms with van der Waals surface area (Å²) in [5.41, 5.74) is 0. The van der Waals surface area contributed by atoms with E-state index in [0.29, 0.717) is 5.92 Å². The van der Waals surface area contributed by atoms with E-state index in [0.717, 1.165) is 19.3 Å². The Hall–Kier alpha value is -1.05. The minimum atomic E-state index is -0.695. The van der Waals surface area contributed by atoms with Crippen LogP contribution in [0.2, 0.25) is 0 Å². The molecule has 2 atom stereocenters. The quantitative estimate of drug-likeness (QED) is 0.660. The van der Waals surface area contributed by atoms with Crippen molar-refractivity contribution in [3.8, 4) is 0 Å². The highest BCUT2D eigenvalue weighted by atomic mass is 16.4. The molecule has 13 heavy (non-hydrogen) atoms. The summed E-state index contributed by atoms with van der Waals surface area (Å²) in [7, 11) is 0. The van der Waals surface area contributed by atoms with Gasteiger partial charge in [-0.2, -0.15) is 0 Å². The van der Waals surface area contributed by atoms with E-state index >= 15 is 0 Å². The van der Waals surface area contributed by atoms with Crippen LogP contribution in [0.5, 0.6) is 0 Å². The van der Waals surface area contributed by atoms with Gasteiger partial charge in [-0.05, 0) is 31.1 Å². The maximum atomic E-state index is 10.4. The first-order chi connectivity index (χ1) is 6.22. The van der Waals surface area contributed by atoms with E-state index in [1.165, 1.54) is 0 Å². The number of rotatable bonds is 5. The highest BCUT2D eigenvalue weighted by molar-refractivity contribution is 5.67. The number of carboxylic acids is 1. The largest absolute Gasteiger partial charge is 0.481 e. The van der Waals surface area contributed by atoms with E-state index < -0.39 is 5.97 Å². The fourth-order valence-electron chi connectivity index (χ4n) is 1.78. The summed E-state index contributed by atoms with van der Waals surface area (Å²) in [6.45, 7) is 3.67. The van der Waals surface area contributed by atoms with Crippen LogP contribution in [-0.2, 0) is 4.79 Å². The zero-order chi connectivity index (χ0) is 9.68. The SMILES string of the molecule is C=CCCC1C=CC(CC(=O)O)C1. The molecule has 72 valence electrons. The summed E-state index contributed by atoms with van der Waals surface area (Å²) in [5, 5.41) is 8.59. The van der Waals surface area contributed by atoms with Crippen molar-refractivity contribution in [1.82, 2.24) is 0 Å².